The second-order valence-corrected chi connectivity index (χ2v) is 7.18. The number of amides is 1. The topological polar surface area (TPSA) is 64.4 Å². The number of ether oxygens (including phenoxy) is 1. The summed E-state index contributed by atoms with van der Waals surface area (Å²) in [5, 5.41) is 0.311. The summed E-state index contributed by atoms with van der Waals surface area (Å²) < 4.78 is 21.9. The molecule has 27 heavy (non-hydrogen) atoms. The molecule has 0 atom stereocenters. The van der Waals surface area contributed by atoms with Gasteiger partial charge in [0.25, 0.3) is 5.91 Å². The predicted octanol–water partition coefficient (Wildman–Crippen LogP) is 3.28. The first-order valence-electron chi connectivity index (χ1n) is 8.97. The second-order valence-electron chi connectivity index (χ2n) is 6.77. The van der Waals surface area contributed by atoms with Crippen molar-refractivity contribution in [3.63, 3.8) is 0 Å². The van der Waals surface area contributed by atoms with Gasteiger partial charge in [-0.2, -0.15) is 0 Å². The summed E-state index contributed by atoms with van der Waals surface area (Å²) in [4.78, 5) is 30.0. The number of halogens is 2. The molecule has 0 fully saturated rings. The molecule has 0 saturated heterocycles. The van der Waals surface area contributed by atoms with E-state index < -0.39 is 17.7 Å². The van der Waals surface area contributed by atoms with E-state index in [0.717, 1.165) is 25.0 Å². The van der Waals surface area contributed by atoms with Crippen LogP contribution in [0.1, 0.15) is 47.2 Å². The lowest BCUT2D eigenvalue weighted by molar-refractivity contribution is -0.142. The van der Waals surface area contributed by atoms with Gasteiger partial charge in [-0.3, -0.25) is 14.6 Å². The smallest absolute Gasteiger partial charge is 0.303 e. The van der Waals surface area contributed by atoms with Crippen molar-refractivity contribution in [2.45, 2.75) is 45.8 Å². The number of esters is 1. The minimum Gasteiger partial charge on any atom is -0.459 e. The van der Waals surface area contributed by atoms with Crippen molar-refractivity contribution in [3.8, 4) is 0 Å². The van der Waals surface area contributed by atoms with Crippen molar-refractivity contribution < 1.29 is 18.7 Å². The standard InChI is InChI=1S/C19H19ClFN3O3/c1-11(25)27-10-14-17(13(20)6-7-22-14)24-9-8-23-15-5-3-2-4-12(15)16(21)18(23)19(24)26/h6-7H,2-5,8-10H2,1H3. The van der Waals surface area contributed by atoms with Crippen LogP contribution in [0, 0.1) is 5.82 Å². The molecule has 0 saturated carbocycles. The van der Waals surface area contributed by atoms with Gasteiger partial charge >= 0.3 is 5.97 Å². The number of rotatable bonds is 3. The fourth-order valence-corrected chi connectivity index (χ4v) is 4.22. The van der Waals surface area contributed by atoms with Crippen LogP contribution in [-0.2, 0) is 35.5 Å². The van der Waals surface area contributed by atoms with Gasteiger partial charge < -0.3 is 14.2 Å². The van der Waals surface area contributed by atoms with Gasteiger partial charge in [-0.15, -0.1) is 0 Å². The number of fused-ring (bicyclic) bond motifs is 3. The lowest BCUT2D eigenvalue weighted by atomic mass is 9.97. The van der Waals surface area contributed by atoms with Crippen LogP contribution in [-0.4, -0.2) is 28.0 Å². The Morgan fingerprint density at radius 2 is 2.11 bits per heavy atom. The van der Waals surface area contributed by atoms with E-state index >= 15 is 4.39 Å². The Morgan fingerprint density at radius 1 is 1.33 bits per heavy atom. The van der Waals surface area contributed by atoms with E-state index in [1.54, 1.807) is 6.07 Å². The molecule has 0 aromatic carbocycles. The number of nitrogens with zero attached hydrogens (tertiary/aromatic N) is 3. The normalized spacial score (nSPS) is 16.1. The highest BCUT2D eigenvalue weighted by Gasteiger charge is 2.36. The van der Waals surface area contributed by atoms with Crippen LogP contribution in [0.25, 0.3) is 0 Å². The molecule has 1 aliphatic carbocycles. The molecule has 0 radical (unpaired) electrons. The molecular formula is C19H19ClFN3O3. The zero-order valence-corrected chi connectivity index (χ0v) is 15.7. The van der Waals surface area contributed by atoms with E-state index in [-0.39, 0.29) is 12.3 Å². The van der Waals surface area contributed by atoms with Crippen molar-refractivity contribution in [2.75, 3.05) is 11.4 Å². The summed E-state index contributed by atoms with van der Waals surface area (Å²) in [6.45, 7) is 2.04. The number of pyridine rings is 1. The van der Waals surface area contributed by atoms with Gasteiger partial charge in [0, 0.05) is 37.5 Å². The summed E-state index contributed by atoms with van der Waals surface area (Å²) in [6.07, 6.45) is 4.90. The van der Waals surface area contributed by atoms with Crippen LogP contribution in [0.3, 0.4) is 0 Å². The Bertz CT molecular complexity index is 941. The van der Waals surface area contributed by atoms with E-state index in [0.29, 0.717) is 41.5 Å². The second kappa shape index (κ2) is 6.96. The highest BCUT2D eigenvalue weighted by molar-refractivity contribution is 6.34. The van der Waals surface area contributed by atoms with Crippen molar-refractivity contribution in [1.29, 1.82) is 0 Å². The zero-order chi connectivity index (χ0) is 19.1. The van der Waals surface area contributed by atoms with Gasteiger partial charge in [-0.1, -0.05) is 11.6 Å². The van der Waals surface area contributed by atoms with Crippen molar-refractivity contribution in [3.05, 3.63) is 45.7 Å². The molecule has 0 bridgehead atoms. The monoisotopic (exact) mass is 391 g/mol. The molecule has 142 valence electrons. The Balaban J connectivity index is 1.75. The average Bonchev–Trinajstić information content (AvgIpc) is 2.94. The SMILES string of the molecule is CC(=O)OCc1nccc(Cl)c1N1CCn2c3c(c(F)c2C1=O)CCCC3. The molecule has 2 aliphatic rings. The Hall–Kier alpha value is -2.41. The maximum absolute atomic E-state index is 15.0. The summed E-state index contributed by atoms with van der Waals surface area (Å²) in [7, 11) is 0. The first-order chi connectivity index (χ1) is 13.0. The highest BCUT2D eigenvalue weighted by atomic mass is 35.5. The van der Waals surface area contributed by atoms with Crippen LogP contribution in [0.2, 0.25) is 5.02 Å². The van der Waals surface area contributed by atoms with Gasteiger partial charge in [0.1, 0.15) is 18.0 Å². The summed E-state index contributed by atoms with van der Waals surface area (Å²) in [5.41, 5.74) is 2.45. The zero-order valence-electron chi connectivity index (χ0n) is 14.9. The minimum atomic E-state index is -0.458. The van der Waals surface area contributed by atoms with E-state index in [1.165, 1.54) is 18.0 Å². The van der Waals surface area contributed by atoms with Crippen molar-refractivity contribution >= 4 is 29.2 Å². The number of aromatic nitrogens is 2. The Morgan fingerprint density at radius 3 is 2.89 bits per heavy atom. The molecular weight excluding hydrogens is 373 g/mol. The van der Waals surface area contributed by atoms with Crippen LogP contribution in [0.4, 0.5) is 10.1 Å². The molecule has 2 aromatic rings. The fraction of sp³-hybridized carbons (Fsp3) is 0.421. The Kier molecular flexibility index (Phi) is 4.63. The maximum atomic E-state index is 15.0. The first-order valence-corrected chi connectivity index (χ1v) is 9.35. The van der Waals surface area contributed by atoms with Gasteiger partial charge in [0.05, 0.1) is 10.7 Å². The third-order valence-corrected chi connectivity index (χ3v) is 5.44. The van der Waals surface area contributed by atoms with Crippen molar-refractivity contribution in [1.82, 2.24) is 9.55 Å². The molecule has 3 heterocycles. The summed E-state index contributed by atoms with van der Waals surface area (Å²) in [5.74, 6) is -1.31. The van der Waals surface area contributed by atoms with E-state index in [1.807, 2.05) is 4.57 Å². The van der Waals surface area contributed by atoms with E-state index in [4.69, 9.17) is 16.3 Å². The molecule has 6 nitrogen and oxygen atoms in total. The van der Waals surface area contributed by atoms with Gasteiger partial charge in [0.2, 0.25) is 0 Å². The van der Waals surface area contributed by atoms with Crippen LogP contribution in [0.15, 0.2) is 12.3 Å². The summed E-state index contributed by atoms with van der Waals surface area (Å²) in [6, 6.07) is 1.57. The van der Waals surface area contributed by atoms with Gasteiger partial charge in [-0.05, 0) is 31.7 Å². The van der Waals surface area contributed by atoms with Gasteiger partial charge in [0.15, 0.2) is 5.82 Å². The number of carbonyl (C=O) groups excluding carboxylic acids is 2. The average molecular weight is 392 g/mol. The molecule has 1 amide bonds. The third-order valence-electron chi connectivity index (χ3n) is 5.14. The maximum Gasteiger partial charge on any atom is 0.303 e. The molecule has 8 heteroatoms. The molecule has 0 unspecified atom stereocenters. The summed E-state index contributed by atoms with van der Waals surface area (Å²) >= 11 is 6.34. The molecule has 0 N–H and O–H groups in total. The van der Waals surface area contributed by atoms with Crippen LogP contribution >= 0.6 is 11.6 Å². The Labute approximate surface area is 160 Å². The lowest BCUT2D eigenvalue weighted by Crippen LogP contribution is -2.42. The number of hydrogen-bond acceptors (Lipinski definition) is 4. The minimum absolute atomic E-state index is 0.0894. The number of hydrogen-bond donors (Lipinski definition) is 0. The molecule has 2 aromatic heterocycles. The van der Waals surface area contributed by atoms with E-state index in [2.05, 4.69) is 4.98 Å². The first kappa shape index (κ1) is 18.0. The highest BCUT2D eigenvalue weighted by Crippen LogP contribution is 2.36. The van der Waals surface area contributed by atoms with Crippen molar-refractivity contribution in [2.24, 2.45) is 0 Å². The number of carbonyl (C=O) groups is 2. The lowest BCUT2D eigenvalue weighted by Gasteiger charge is -2.31. The largest absolute Gasteiger partial charge is 0.459 e. The third kappa shape index (κ3) is 3.00. The quantitative estimate of drug-likeness (QED) is 0.753. The molecule has 1 aliphatic heterocycles. The number of anilines is 1. The fourth-order valence-electron chi connectivity index (χ4n) is 3.95. The van der Waals surface area contributed by atoms with E-state index in [9.17, 15) is 9.59 Å². The van der Waals surface area contributed by atoms with Crippen LogP contribution in [0.5, 0.6) is 0 Å². The van der Waals surface area contributed by atoms with Gasteiger partial charge in [-0.25, -0.2) is 4.39 Å². The molecule has 0 spiro atoms. The van der Waals surface area contributed by atoms with Crippen LogP contribution < -0.4 is 4.90 Å². The molecule has 4 rings (SSSR count). The predicted molar refractivity (Wildman–Crippen MR) is 97.4 cm³/mol.